The lowest BCUT2D eigenvalue weighted by atomic mass is 9.83. The zero-order valence-electron chi connectivity index (χ0n) is 11.0. The van der Waals surface area contributed by atoms with Gasteiger partial charge in [-0.3, -0.25) is 4.90 Å². The number of hydrogen-bond donors (Lipinski definition) is 1. The molecule has 96 valence electrons. The summed E-state index contributed by atoms with van der Waals surface area (Å²) in [4.78, 5) is 2.58. The van der Waals surface area contributed by atoms with Crippen molar-refractivity contribution in [1.82, 2.24) is 4.90 Å². The third-order valence-corrected chi connectivity index (χ3v) is 4.58. The molecule has 2 N–H and O–H groups in total. The molecule has 0 fully saturated rings. The van der Waals surface area contributed by atoms with E-state index in [0.29, 0.717) is 6.04 Å². The number of benzene rings is 2. The Bertz CT molecular complexity index is 633. The van der Waals surface area contributed by atoms with Gasteiger partial charge >= 0.3 is 0 Å². The molecule has 0 aliphatic carbocycles. The quantitative estimate of drug-likeness (QED) is 0.728. The summed E-state index contributed by atoms with van der Waals surface area (Å²) in [5, 5.41) is 0. The second-order valence-corrected chi connectivity index (χ2v) is 5.63. The summed E-state index contributed by atoms with van der Waals surface area (Å²) < 4.78 is 0. The molecule has 0 saturated carbocycles. The highest BCUT2D eigenvalue weighted by atomic mass is 15.2. The molecule has 0 spiro atoms. The second-order valence-electron chi connectivity index (χ2n) is 5.63. The molecular weight excluding hydrogens is 232 g/mol. The summed E-state index contributed by atoms with van der Waals surface area (Å²) in [5.74, 6) is 0. The molecule has 2 aromatic carbocycles. The minimum Gasteiger partial charge on any atom is -0.398 e. The highest BCUT2D eigenvalue weighted by Crippen LogP contribution is 2.40. The fraction of sp³-hybridized carbons (Fsp3) is 0.294. The Hall–Kier alpha value is -1.80. The number of nitrogen functional groups attached to an aromatic ring is 1. The second kappa shape index (κ2) is 4.10. The molecule has 2 nitrogen and oxygen atoms in total. The van der Waals surface area contributed by atoms with Gasteiger partial charge in [-0.15, -0.1) is 0 Å². The number of rotatable bonds is 0. The predicted octanol–water partition coefficient (Wildman–Crippen LogP) is 2.92. The lowest BCUT2D eigenvalue weighted by molar-refractivity contribution is 0.161. The van der Waals surface area contributed by atoms with Crippen LogP contribution in [0, 0.1) is 0 Å². The smallest absolute Gasteiger partial charge is 0.0415 e. The van der Waals surface area contributed by atoms with Crippen LogP contribution >= 0.6 is 0 Å². The minimum absolute atomic E-state index is 0.472. The third-order valence-electron chi connectivity index (χ3n) is 4.58. The zero-order chi connectivity index (χ0) is 12.8. The summed E-state index contributed by atoms with van der Waals surface area (Å²) in [6.07, 6.45) is 2.22. The van der Waals surface area contributed by atoms with Crippen LogP contribution < -0.4 is 5.73 Å². The first-order valence-electron chi connectivity index (χ1n) is 7.01. The van der Waals surface area contributed by atoms with Crippen molar-refractivity contribution < 1.29 is 0 Å². The maximum Gasteiger partial charge on any atom is 0.0415 e. The molecule has 0 bridgehead atoms. The van der Waals surface area contributed by atoms with Crippen molar-refractivity contribution in [1.29, 1.82) is 0 Å². The molecule has 2 aliphatic rings. The molecule has 4 rings (SSSR count). The van der Waals surface area contributed by atoms with Crippen molar-refractivity contribution in [3.8, 4) is 0 Å². The molecule has 0 aromatic heterocycles. The van der Waals surface area contributed by atoms with Crippen molar-refractivity contribution in [2.45, 2.75) is 25.4 Å². The predicted molar refractivity (Wildman–Crippen MR) is 77.9 cm³/mol. The van der Waals surface area contributed by atoms with Crippen LogP contribution in [0.25, 0.3) is 0 Å². The summed E-state index contributed by atoms with van der Waals surface area (Å²) in [6.45, 7) is 2.21. The molecule has 0 amide bonds. The largest absolute Gasteiger partial charge is 0.398 e. The van der Waals surface area contributed by atoms with Gasteiger partial charge in [-0.05, 0) is 41.2 Å². The first-order valence-corrected chi connectivity index (χ1v) is 7.01. The van der Waals surface area contributed by atoms with Crippen LogP contribution in [0.2, 0.25) is 0 Å². The van der Waals surface area contributed by atoms with E-state index in [1.54, 1.807) is 0 Å². The maximum absolute atomic E-state index is 6.24. The Morgan fingerprint density at radius 1 is 0.947 bits per heavy atom. The molecule has 2 heterocycles. The highest BCUT2D eigenvalue weighted by Gasteiger charge is 2.32. The van der Waals surface area contributed by atoms with Crippen LogP contribution in [0.5, 0.6) is 0 Å². The molecule has 2 heteroatoms. The molecule has 0 unspecified atom stereocenters. The summed E-state index contributed by atoms with van der Waals surface area (Å²) in [7, 11) is 0. The van der Waals surface area contributed by atoms with Gasteiger partial charge in [-0.25, -0.2) is 0 Å². The fourth-order valence-corrected chi connectivity index (χ4v) is 3.62. The maximum atomic E-state index is 6.24. The number of hydrogen-bond acceptors (Lipinski definition) is 2. The van der Waals surface area contributed by atoms with Gasteiger partial charge in [0.1, 0.15) is 0 Å². The number of nitrogens with two attached hydrogens (primary N) is 1. The van der Waals surface area contributed by atoms with E-state index in [9.17, 15) is 0 Å². The standard InChI is InChI=1S/C17H18N2/c18-15-7-3-6-12-8-9-19-11-14-5-2-1-4-13(14)10-16(19)17(12)15/h1-7,16H,8-11,18H2/t16-/m0/s1. The van der Waals surface area contributed by atoms with Gasteiger partial charge in [0.25, 0.3) is 0 Å². The molecular formula is C17H18N2. The van der Waals surface area contributed by atoms with E-state index in [-0.39, 0.29) is 0 Å². The van der Waals surface area contributed by atoms with Gasteiger partial charge in [0.05, 0.1) is 0 Å². The lowest BCUT2D eigenvalue weighted by Crippen LogP contribution is -2.39. The van der Waals surface area contributed by atoms with Gasteiger partial charge in [0.2, 0.25) is 0 Å². The SMILES string of the molecule is Nc1cccc2c1[C@@H]1Cc3ccccc3CN1CC2. The summed E-state index contributed by atoms with van der Waals surface area (Å²) in [6, 6.07) is 15.7. The molecule has 2 aromatic rings. The summed E-state index contributed by atoms with van der Waals surface area (Å²) >= 11 is 0. The van der Waals surface area contributed by atoms with Gasteiger partial charge in [-0.1, -0.05) is 36.4 Å². The van der Waals surface area contributed by atoms with E-state index in [1.807, 2.05) is 6.07 Å². The van der Waals surface area contributed by atoms with Crippen LogP contribution in [0.1, 0.15) is 28.3 Å². The highest BCUT2D eigenvalue weighted by molar-refractivity contribution is 5.55. The molecule has 0 saturated heterocycles. The number of fused-ring (bicyclic) bond motifs is 4. The monoisotopic (exact) mass is 250 g/mol. The van der Waals surface area contributed by atoms with E-state index in [0.717, 1.165) is 31.6 Å². The average Bonchev–Trinajstić information content (AvgIpc) is 2.45. The number of anilines is 1. The van der Waals surface area contributed by atoms with Crippen molar-refractivity contribution in [2.24, 2.45) is 0 Å². The minimum atomic E-state index is 0.472. The topological polar surface area (TPSA) is 29.3 Å². The van der Waals surface area contributed by atoms with Gasteiger partial charge < -0.3 is 5.73 Å². The van der Waals surface area contributed by atoms with Crippen LogP contribution in [-0.2, 0) is 19.4 Å². The van der Waals surface area contributed by atoms with Crippen molar-refractivity contribution in [3.63, 3.8) is 0 Å². The molecule has 1 atom stereocenters. The normalized spacial score (nSPS) is 21.4. The van der Waals surface area contributed by atoms with Crippen LogP contribution in [0.4, 0.5) is 5.69 Å². The summed E-state index contributed by atoms with van der Waals surface area (Å²) in [5.41, 5.74) is 13.0. The first kappa shape index (κ1) is 11.1. The molecule has 0 radical (unpaired) electrons. The van der Waals surface area contributed by atoms with Crippen molar-refractivity contribution in [2.75, 3.05) is 12.3 Å². The van der Waals surface area contributed by atoms with Crippen molar-refractivity contribution in [3.05, 3.63) is 64.7 Å². The van der Waals surface area contributed by atoms with E-state index in [2.05, 4.69) is 41.3 Å². The van der Waals surface area contributed by atoms with Gasteiger partial charge in [0.15, 0.2) is 0 Å². The van der Waals surface area contributed by atoms with Crippen LogP contribution in [0.3, 0.4) is 0 Å². The average molecular weight is 250 g/mol. The third kappa shape index (κ3) is 1.67. The Labute approximate surface area is 113 Å². The van der Waals surface area contributed by atoms with Gasteiger partial charge in [0, 0.05) is 24.8 Å². The molecule has 19 heavy (non-hydrogen) atoms. The Balaban J connectivity index is 1.82. The van der Waals surface area contributed by atoms with Gasteiger partial charge in [-0.2, -0.15) is 0 Å². The van der Waals surface area contributed by atoms with E-state index < -0.39 is 0 Å². The van der Waals surface area contributed by atoms with E-state index in [1.165, 1.54) is 22.3 Å². The Morgan fingerprint density at radius 3 is 2.63 bits per heavy atom. The first-order chi connectivity index (χ1) is 9.33. The zero-order valence-corrected chi connectivity index (χ0v) is 11.0. The van der Waals surface area contributed by atoms with E-state index >= 15 is 0 Å². The lowest BCUT2D eigenvalue weighted by Gasteiger charge is -2.42. The van der Waals surface area contributed by atoms with Crippen LogP contribution in [0.15, 0.2) is 42.5 Å². The van der Waals surface area contributed by atoms with E-state index in [4.69, 9.17) is 5.73 Å². The van der Waals surface area contributed by atoms with Crippen molar-refractivity contribution >= 4 is 5.69 Å². The Kier molecular flexibility index (Phi) is 2.39. The number of nitrogens with zero attached hydrogens (tertiary/aromatic N) is 1. The molecule has 2 aliphatic heterocycles. The Morgan fingerprint density at radius 2 is 1.74 bits per heavy atom. The van der Waals surface area contributed by atoms with Crippen LogP contribution in [-0.4, -0.2) is 11.4 Å². The fourth-order valence-electron chi connectivity index (χ4n) is 3.62.